The maximum atomic E-state index is 14.7. The standard InChI is InChI=1S/C30H33F2N5O5/c1-19(18-42-2)37-28(39)23(22-7-5-8-24(31)27(22)32)16-35(30(37)41)17-26(38)34-13-11-21(12-14-34)36-15-10-20-6-3-4-9-25(20)33-29(36)40/h3-9,16,19,21H,10-15,17-18H2,1-2H3,(H,33,40). The van der Waals surface area contributed by atoms with Gasteiger partial charge in [0.1, 0.15) is 6.54 Å². The summed E-state index contributed by atoms with van der Waals surface area (Å²) in [5.74, 6) is -2.72. The third-order valence-corrected chi connectivity index (χ3v) is 7.98. The number of nitrogens with one attached hydrogen (secondary N) is 1. The zero-order valence-electron chi connectivity index (χ0n) is 23.5. The average Bonchev–Trinajstić information content (AvgIpc) is 3.14. The maximum Gasteiger partial charge on any atom is 0.331 e. The molecule has 1 fully saturated rings. The van der Waals surface area contributed by atoms with E-state index in [0.29, 0.717) is 32.5 Å². The molecule has 3 aromatic rings. The number of likely N-dealkylation sites (tertiary alicyclic amines) is 1. The number of anilines is 1. The zero-order valence-corrected chi connectivity index (χ0v) is 23.5. The Hall–Kier alpha value is -4.32. The van der Waals surface area contributed by atoms with Crippen LogP contribution < -0.4 is 16.6 Å². The van der Waals surface area contributed by atoms with Crippen LogP contribution in [0.25, 0.3) is 11.1 Å². The van der Waals surface area contributed by atoms with Gasteiger partial charge >= 0.3 is 11.7 Å². The molecule has 1 N–H and O–H groups in total. The number of rotatable bonds is 7. The molecule has 222 valence electrons. The predicted molar refractivity (Wildman–Crippen MR) is 152 cm³/mol. The molecule has 12 heteroatoms. The monoisotopic (exact) mass is 581 g/mol. The first-order valence-electron chi connectivity index (χ1n) is 13.9. The lowest BCUT2D eigenvalue weighted by Crippen LogP contribution is -2.51. The normalized spacial score (nSPS) is 16.5. The van der Waals surface area contributed by atoms with E-state index in [4.69, 9.17) is 4.74 Å². The van der Waals surface area contributed by atoms with Gasteiger partial charge < -0.3 is 19.9 Å². The topological polar surface area (TPSA) is 106 Å². The lowest BCUT2D eigenvalue weighted by atomic mass is 10.0. The van der Waals surface area contributed by atoms with E-state index in [-0.39, 0.29) is 35.7 Å². The highest BCUT2D eigenvalue weighted by Gasteiger charge is 2.32. The largest absolute Gasteiger partial charge is 0.383 e. The van der Waals surface area contributed by atoms with Gasteiger partial charge in [-0.25, -0.2) is 18.4 Å². The van der Waals surface area contributed by atoms with Crippen molar-refractivity contribution in [3.8, 4) is 11.1 Å². The lowest BCUT2D eigenvalue weighted by molar-refractivity contribution is -0.133. The molecule has 3 heterocycles. The Bertz CT molecular complexity index is 1610. The number of hydrogen-bond donors (Lipinski definition) is 1. The van der Waals surface area contributed by atoms with Crippen LogP contribution in [0.15, 0.2) is 58.3 Å². The number of fused-ring (bicyclic) bond motifs is 1. The second-order valence-electron chi connectivity index (χ2n) is 10.7. The van der Waals surface area contributed by atoms with E-state index >= 15 is 0 Å². The van der Waals surface area contributed by atoms with Gasteiger partial charge in [-0.2, -0.15) is 0 Å². The molecule has 0 radical (unpaired) electrons. The number of methoxy groups -OCH3 is 1. The molecule has 3 amide bonds. The average molecular weight is 582 g/mol. The van der Waals surface area contributed by atoms with Crippen LogP contribution >= 0.6 is 0 Å². The molecule has 0 bridgehead atoms. The van der Waals surface area contributed by atoms with Gasteiger partial charge in [-0.15, -0.1) is 0 Å². The fourth-order valence-electron chi connectivity index (χ4n) is 5.75. The first-order valence-corrected chi connectivity index (χ1v) is 13.9. The van der Waals surface area contributed by atoms with Crippen molar-refractivity contribution in [3.05, 3.63) is 86.7 Å². The number of halogens is 2. The summed E-state index contributed by atoms with van der Waals surface area (Å²) in [6, 6.07) is 10.2. The van der Waals surface area contributed by atoms with Crippen LogP contribution in [0.1, 0.15) is 31.4 Å². The van der Waals surface area contributed by atoms with Gasteiger partial charge in [0.2, 0.25) is 5.91 Å². The summed E-state index contributed by atoms with van der Waals surface area (Å²) in [6.45, 7) is 2.53. The van der Waals surface area contributed by atoms with E-state index in [1.54, 1.807) is 11.8 Å². The first kappa shape index (κ1) is 29.2. The Morgan fingerprint density at radius 2 is 1.76 bits per heavy atom. The summed E-state index contributed by atoms with van der Waals surface area (Å²) < 4.78 is 35.8. The number of hydrogen-bond acceptors (Lipinski definition) is 5. The quantitative estimate of drug-likeness (QED) is 0.461. The van der Waals surface area contributed by atoms with Crippen LogP contribution in [-0.2, 0) is 22.5 Å². The summed E-state index contributed by atoms with van der Waals surface area (Å²) in [5, 5.41) is 2.98. The molecule has 0 saturated carbocycles. The molecular formula is C30H33F2N5O5. The van der Waals surface area contributed by atoms with E-state index in [1.807, 2.05) is 29.2 Å². The molecule has 2 aliphatic rings. The highest BCUT2D eigenvalue weighted by Crippen LogP contribution is 2.25. The number of carbonyl (C=O) groups excluding carboxylic acids is 2. The smallest absolute Gasteiger partial charge is 0.331 e. The van der Waals surface area contributed by atoms with Crippen LogP contribution in [0, 0.1) is 11.6 Å². The van der Waals surface area contributed by atoms with Gasteiger partial charge in [0.25, 0.3) is 5.56 Å². The van der Waals surface area contributed by atoms with Crippen molar-refractivity contribution in [2.75, 3.05) is 38.7 Å². The molecule has 42 heavy (non-hydrogen) atoms. The fourth-order valence-corrected chi connectivity index (χ4v) is 5.75. The van der Waals surface area contributed by atoms with Crippen molar-refractivity contribution in [2.45, 2.75) is 44.8 Å². The Balaban J connectivity index is 1.34. The van der Waals surface area contributed by atoms with E-state index in [2.05, 4.69) is 5.32 Å². The number of aromatic nitrogens is 2. The van der Waals surface area contributed by atoms with Crippen molar-refractivity contribution >= 4 is 17.6 Å². The summed E-state index contributed by atoms with van der Waals surface area (Å²) in [5.41, 5.74) is -0.232. The van der Waals surface area contributed by atoms with Crippen LogP contribution in [0.4, 0.5) is 19.3 Å². The molecule has 10 nitrogen and oxygen atoms in total. The number of amides is 3. The van der Waals surface area contributed by atoms with Crippen molar-refractivity contribution in [2.24, 2.45) is 0 Å². The van der Waals surface area contributed by atoms with Crippen LogP contribution in [0.2, 0.25) is 0 Å². The third-order valence-electron chi connectivity index (χ3n) is 7.98. The van der Waals surface area contributed by atoms with E-state index in [1.165, 1.54) is 19.2 Å². The number of para-hydroxylation sites is 1. The van der Waals surface area contributed by atoms with Crippen molar-refractivity contribution in [3.63, 3.8) is 0 Å². The SMILES string of the molecule is COCC(C)n1c(=O)c(-c2cccc(F)c2F)cn(CC(=O)N2CCC(N3CCc4ccccc4NC3=O)CC2)c1=O. The number of piperidine rings is 1. The molecule has 2 aliphatic heterocycles. The highest BCUT2D eigenvalue weighted by atomic mass is 19.2. The van der Waals surface area contributed by atoms with Crippen LogP contribution in [0.3, 0.4) is 0 Å². The molecule has 0 spiro atoms. The minimum atomic E-state index is -1.22. The second-order valence-corrected chi connectivity index (χ2v) is 10.7. The number of ether oxygens (including phenoxy) is 1. The summed E-state index contributed by atoms with van der Waals surface area (Å²) in [4.78, 5) is 56.4. The number of urea groups is 1. The Kier molecular flexibility index (Phi) is 8.53. The minimum absolute atomic E-state index is 0.0147. The molecule has 2 aromatic carbocycles. The molecular weight excluding hydrogens is 548 g/mol. The second kappa shape index (κ2) is 12.3. The van der Waals surface area contributed by atoms with Crippen molar-refractivity contribution in [1.82, 2.24) is 18.9 Å². The summed E-state index contributed by atoms with van der Waals surface area (Å²) in [6.07, 6.45) is 2.97. The van der Waals surface area contributed by atoms with Crippen LogP contribution in [-0.4, -0.2) is 70.3 Å². The fraction of sp³-hybridized carbons (Fsp3) is 0.400. The summed E-state index contributed by atoms with van der Waals surface area (Å²) >= 11 is 0. The van der Waals surface area contributed by atoms with Gasteiger partial charge in [0, 0.05) is 50.2 Å². The Labute approximate surface area is 241 Å². The Morgan fingerprint density at radius 1 is 1.02 bits per heavy atom. The van der Waals surface area contributed by atoms with Gasteiger partial charge in [-0.05, 0) is 43.9 Å². The first-order chi connectivity index (χ1) is 20.2. The van der Waals surface area contributed by atoms with E-state index < -0.39 is 35.5 Å². The molecule has 5 rings (SSSR count). The summed E-state index contributed by atoms with van der Waals surface area (Å²) in [7, 11) is 1.41. The van der Waals surface area contributed by atoms with Crippen molar-refractivity contribution < 1.29 is 23.1 Å². The molecule has 1 atom stereocenters. The number of nitrogens with zero attached hydrogens (tertiary/aromatic N) is 4. The molecule has 0 aliphatic carbocycles. The maximum absolute atomic E-state index is 14.7. The Morgan fingerprint density at radius 3 is 2.50 bits per heavy atom. The van der Waals surface area contributed by atoms with Gasteiger partial charge in [0.15, 0.2) is 11.6 Å². The third kappa shape index (κ3) is 5.71. The van der Waals surface area contributed by atoms with Gasteiger partial charge in [-0.3, -0.25) is 18.7 Å². The molecule has 1 aromatic heterocycles. The van der Waals surface area contributed by atoms with E-state index in [9.17, 15) is 28.0 Å². The van der Waals surface area contributed by atoms with Crippen LogP contribution in [0.5, 0.6) is 0 Å². The minimum Gasteiger partial charge on any atom is -0.383 e. The van der Waals surface area contributed by atoms with Crippen molar-refractivity contribution in [1.29, 1.82) is 0 Å². The number of carbonyl (C=O) groups is 2. The lowest BCUT2D eigenvalue weighted by Gasteiger charge is -2.38. The zero-order chi connectivity index (χ0) is 30.0. The van der Waals surface area contributed by atoms with E-state index in [0.717, 1.165) is 39.1 Å². The highest BCUT2D eigenvalue weighted by molar-refractivity contribution is 5.91. The predicted octanol–water partition coefficient (Wildman–Crippen LogP) is 3.24. The van der Waals surface area contributed by atoms with Gasteiger partial charge in [-0.1, -0.05) is 30.3 Å². The molecule has 1 saturated heterocycles. The van der Waals surface area contributed by atoms with Gasteiger partial charge in [0.05, 0.1) is 18.2 Å². The number of benzene rings is 2. The molecule has 1 unspecified atom stereocenters.